The topological polar surface area (TPSA) is 27.6 Å². The average Bonchev–Trinajstić information content (AvgIpc) is 2.27. The Hall–Kier alpha value is -0.990. The molecule has 1 unspecified atom stereocenters. The van der Waals surface area contributed by atoms with Crippen molar-refractivity contribution in [1.29, 1.82) is 0 Å². The van der Waals surface area contributed by atoms with Crippen LogP contribution in [-0.2, 0) is 0 Å². The molecule has 2 aliphatic rings. The van der Waals surface area contributed by atoms with Crippen LogP contribution in [0.3, 0.4) is 0 Å². The summed E-state index contributed by atoms with van der Waals surface area (Å²) < 4.78 is 7.38. The van der Waals surface area contributed by atoms with Crippen LogP contribution in [0.25, 0.3) is 0 Å². The molecule has 1 atom stereocenters. The van der Waals surface area contributed by atoms with Crippen LogP contribution in [0.5, 0.6) is 0 Å². The van der Waals surface area contributed by atoms with E-state index in [0.717, 1.165) is 18.9 Å². The van der Waals surface area contributed by atoms with E-state index >= 15 is 0 Å². The number of nitrogens with zero attached hydrogens (tertiary/aromatic N) is 2. The van der Waals surface area contributed by atoms with Gasteiger partial charge in [0.25, 0.3) is 0 Å². The molecule has 48 valence electrons. The van der Waals surface area contributed by atoms with E-state index in [1.165, 1.54) is 0 Å². The molecular formula is C6H9N3. The highest BCUT2D eigenvalue weighted by Crippen LogP contribution is 2.07. The van der Waals surface area contributed by atoms with Gasteiger partial charge in [0.2, 0.25) is 0 Å². The first-order valence-electron chi connectivity index (χ1n) is 3.59. The summed E-state index contributed by atoms with van der Waals surface area (Å²) in [7, 11) is 0. The Bertz CT molecular complexity index is 199. The van der Waals surface area contributed by atoms with E-state index < -0.39 is 0 Å². The largest absolute Gasteiger partial charge is 0.369 e. The van der Waals surface area contributed by atoms with Gasteiger partial charge in [0.05, 0.1) is 14.1 Å². The average molecular weight is 124 g/mol. The molecule has 3 nitrogen and oxygen atoms in total. The lowest BCUT2D eigenvalue weighted by molar-refractivity contribution is 0.449. The molecule has 2 aliphatic heterocycles. The second-order valence-corrected chi connectivity index (χ2v) is 2.10. The van der Waals surface area contributed by atoms with Crippen LogP contribution >= 0.6 is 0 Å². The predicted octanol–water partition coefficient (Wildman–Crippen LogP) is -0.225. The first-order chi connectivity index (χ1) is 4.86. The van der Waals surface area contributed by atoms with E-state index in [2.05, 4.69) is 15.2 Å². The van der Waals surface area contributed by atoms with E-state index in [1.807, 2.05) is 6.21 Å². The lowest BCUT2D eigenvalue weighted by atomic mass is 10.5. The highest BCUT2D eigenvalue weighted by atomic mass is 15.3. The Kier molecular flexibility index (Phi) is 0.766. The van der Waals surface area contributed by atoms with Crippen molar-refractivity contribution in [3.05, 3.63) is 12.0 Å². The van der Waals surface area contributed by atoms with Crippen LogP contribution in [0.15, 0.2) is 17.0 Å². The number of hydrogen-bond acceptors (Lipinski definition) is 3. The molecule has 0 aromatic rings. The molecule has 0 aliphatic carbocycles. The highest BCUT2D eigenvalue weighted by molar-refractivity contribution is 5.62. The third-order valence-corrected chi connectivity index (χ3v) is 1.51. The molecule has 0 bridgehead atoms. The van der Waals surface area contributed by atoms with Gasteiger partial charge in [0, 0.05) is 19.3 Å². The normalized spacial score (nSPS) is 32.9. The number of rotatable bonds is 0. The van der Waals surface area contributed by atoms with Crippen molar-refractivity contribution >= 4 is 6.21 Å². The van der Waals surface area contributed by atoms with Gasteiger partial charge in [0.1, 0.15) is 5.82 Å². The van der Waals surface area contributed by atoms with Crippen molar-refractivity contribution in [2.24, 2.45) is 4.99 Å². The minimum Gasteiger partial charge on any atom is -0.369 e. The monoisotopic (exact) mass is 124 g/mol. The Morgan fingerprint density at radius 2 is 2.89 bits per heavy atom. The van der Waals surface area contributed by atoms with Gasteiger partial charge in [-0.2, -0.15) is 0 Å². The fraction of sp³-hybridized carbons (Fsp3) is 0.500. The molecule has 0 saturated carbocycles. The Balaban J connectivity index is 2.18. The van der Waals surface area contributed by atoms with Crippen LogP contribution in [0.1, 0.15) is 1.37 Å². The third-order valence-electron chi connectivity index (χ3n) is 1.51. The second kappa shape index (κ2) is 1.76. The molecule has 0 aromatic carbocycles. The van der Waals surface area contributed by atoms with E-state index in [0.29, 0.717) is 0 Å². The molecule has 1 saturated heterocycles. The van der Waals surface area contributed by atoms with Crippen molar-refractivity contribution in [1.82, 2.24) is 10.2 Å². The summed E-state index contributed by atoms with van der Waals surface area (Å²) in [5.74, 6) is 0.988. The first-order valence-corrected chi connectivity index (χ1v) is 3.02. The van der Waals surface area contributed by atoms with Crippen LogP contribution in [-0.4, -0.2) is 30.7 Å². The number of hydrogen-bond donors (Lipinski definition) is 1. The Morgan fingerprint density at radius 3 is 3.78 bits per heavy atom. The fourth-order valence-electron chi connectivity index (χ4n) is 1.01. The zero-order valence-electron chi connectivity index (χ0n) is 6.04. The number of aliphatic imine (C=N–C) groups is 1. The van der Waals surface area contributed by atoms with E-state index in [9.17, 15) is 0 Å². The van der Waals surface area contributed by atoms with Crippen molar-refractivity contribution in [3.8, 4) is 0 Å². The minimum absolute atomic E-state index is 0.173. The predicted molar refractivity (Wildman–Crippen MR) is 36.2 cm³/mol. The van der Waals surface area contributed by atoms with Crippen LogP contribution < -0.4 is 5.32 Å². The summed E-state index contributed by atoms with van der Waals surface area (Å²) in [6.45, 7) is 1.44. The number of nitrogens with one attached hydrogen (secondary N) is 1. The quantitative estimate of drug-likeness (QED) is 0.483. The molecule has 3 heteroatoms. The first kappa shape index (κ1) is 3.93. The molecule has 0 radical (unpaired) electrons. The Labute approximate surface area is 55.5 Å². The maximum Gasteiger partial charge on any atom is 0.121 e. The van der Waals surface area contributed by atoms with E-state index in [-0.39, 0.29) is 6.52 Å². The van der Waals surface area contributed by atoms with Crippen LogP contribution in [0, 0.1) is 0 Å². The zero-order chi connectivity index (χ0) is 6.97. The summed E-state index contributed by atoms with van der Waals surface area (Å²) in [5, 5.41) is 3.00. The van der Waals surface area contributed by atoms with Gasteiger partial charge in [-0.15, -0.1) is 0 Å². The zero-order valence-corrected chi connectivity index (χ0v) is 5.04. The van der Waals surface area contributed by atoms with Crippen LogP contribution in [0.4, 0.5) is 0 Å². The van der Waals surface area contributed by atoms with Gasteiger partial charge in [0.15, 0.2) is 0 Å². The third kappa shape index (κ3) is 0.686. The summed E-state index contributed by atoms with van der Waals surface area (Å²) in [4.78, 5) is 6.08. The Morgan fingerprint density at radius 1 is 1.89 bits per heavy atom. The maximum atomic E-state index is 7.38. The summed E-state index contributed by atoms with van der Waals surface area (Å²) in [6.07, 6.45) is 3.61. The van der Waals surface area contributed by atoms with Crippen molar-refractivity contribution in [2.45, 2.75) is 0 Å². The van der Waals surface area contributed by atoms with Gasteiger partial charge in [-0.1, -0.05) is 0 Å². The molecule has 1 N–H and O–H groups in total. The molecule has 2 heterocycles. The van der Waals surface area contributed by atoms with Gasteiger partial charge in [-0.05, 0) is 0 Å². The van der Waals surface area contributed by atoms with Crippen molar-refractivity contribution in [2.75, 3.05) is 19.6 Å². The fourth-order valence-corrected chi connectivity index (χ4v) is 1.01. The molecule has 0 spiro atoms. The summed E-state index contributed by atoms with van der Waals surface area (Å²) >= 11 is 0. The molecule has 2 rings (SSSR count). The molecule has 0 amide bonds. The molecular weight excluding hydrogens is 114 g/mol. The minimum atomic E-state index is -0.173. The lowest BCUT2D eigenvalue weighted by Gasteiger charge is -2.17. The van der Waals surface area contributed by atoms with E-state index in [4.69, 9.17) is 1.37 Å². The van der Waals surface area contributed by atoms with Crippen molar-refractivity contribution < 1.29 is 1.37 Å². The lowest BCUT2D eigenvalue weighted by Crippen LogP contribution is -2.24. The van der Waals surface area contributed by atoms with Crippen molar-refractivity contribution in [3.63, 3.8) is 0 Å². The molecule has 0 aromatic heterocycles. The molecule has 9 heavy (non-hydrogen) atoms. The van der Waals surface area contributed by atoms with Gasteiger partial charge in [-0.3, -0.25) is 4.99 Å². The second-order valence-electron chi connectivity index (χ2n) is 2.10. The number of fused-ring (bicyclic) bond motifs is 1. The smallest absolute Gasteiger partial charge is 0.121 e. The van der Waals surface area contributed by atoms with Gasteiger partial charge >= 0.3 is 0 Å². The van der Waals surface area contributed by atoms with Gasteiger partial charge in [-0.25, -0.2) is 0 Å². The van der Waals surface area contributed by atoms with Gasteiger partial charge < -0.3 is 10.2 Å². The maximum absolute atomic E-state index is 7.38. The summed E-state index contributed by atoms with van der Waals surface area (Å²) in [6, 6.07) is 0. The standard InChI is InChI=1S/C6H9N3/c1-3-9-4-2-8-6(9)5-7-1/h1,5,8H,2-4H2/i2D. The SMILES string of the molecule is [2H]C1CN2CC=NC=C2N1. The highest BCUT2D eigenvalue weighted by Gasteiger charge is 2.15. The van der Waals surface area contributed by atoms with Crippen LogP contribution in [0.2, 0.25) is 0 Å². The molecule has 1 fully saturated rings. The van der Waals surface area contributed by atoms with E-state index in [1.54, 1.807) is 6.20 Å². The summed E-state index contributed by atoms with van der Waals surface area (Å²) in [5.41, 5.74) is 0.